The van der Waals surface area contributed by atoms with Gasteiger partial charge in [-0.3, -0.25) is 4.79 Å². The van der Waals surface area contributed by atoms with Gasteiger partial charge in [0, 0.05) is 25.9 Å². The molecule has 1 aliphatic heterocycles. The van der Waals surface area contributed by atoms with E-state index in [0.717, 1.165) is 11.4 Å². The molecule has 1 heterocycles. The molecule has 1 aliphatic rings. The maximum atomic E-state index is 12.6. The summed E-state index contributed by atoms with van der Waals surface area (Å²) in [6, 6.07) is 9.40. The van der Waals surface area contributed by atoms with Crippen molar-refractivity contribution in [1.29, 1.82) is 5.26 Å². The van der Waals surface area contributed by atoms with Crippen molar-refractivity contribution in [3.05, 3.63) is 24.3 Å². The lowest BCUT2D eigenvalue weighted by Gasteiger charge is -2.33. The van der Waals surface area contributed by atoms with Gasteiger partial charge in [-0.2, -0.15) is 5.26 Å². The van der Waals surface area contributed by atoms with Crippen LogP contribution in [0.4, 0.5) is 5.69 Å². The second kappa shape index (κ2) is 5.93. The lowest BCUT2D eigenvalue weighted by atomic mass is 9.80. The van der Waals surface area contributed by atoms with Crippen LogP contribution in [-0.4, -0.2) is 33.3 Å². The Hall–Kier alpha value is -2.06. The fourth-order valence-corrected chi connectivity index (χ4v) is 2.34. The third kappa shape index (κ3) is 2.61. The van der Waals surface area contributed by atoms with Crippen molar-refractivity contribution in [2.45, 2.75) is 12.8 Å². The first-order valence-corrected chi connectivity index (χ1v) is 6.54. The molecule has 0 atom stereocenters. The van der Waals surface area contributed by atoms with Crippen LogP contribution in [0.25, 0.3) is 0 Å². The molecule has 1 fully saturated rings. The number of hydrogen-bond acceptors (Lipinski definition) is 4. The van der Waals surface area contributed by atoms with Crippen LogP contribution in [0.2, 0.25) is 0 Å². The molecule has 0 N–H and O–H groups in total. The summed E-state index contributed by atoms with van der Waals surface area (Å²) in [5.41, 5.74) is -0.218. The Kier molecular flexibility index (Phi) is 4.26. The summed E-state index contributed by atoms with van der Waals surface area (Å²) in [7, 11) is 3.29. The lowest BCUT2D eigenvalue weighted by Crippen LogP contribution is -2.44. The monoisotopic (exact) mass is 274 g/mol. The average Bonchev–Trinajstić information content (AvgIpc) is 2.54. The highest BCUT2D eigenvalue weighted by molar-refractivity contribution is 5.99. The number of anilines is 1. The number of amides is 1. The Labute approximate surface area is 118 Å². The summed E-state index contributed by atoms with van der Waals surface area (Å²) in [4.78, 5) is 14.2. The maximum absolute atomic E-state index is 12.6. The Morgan fingerprint density at radius 2 is 1.95 bits per heavy atom. The number of benzene rings is 1. The van der Waals surface area contributed by atoms with Crippen molar-refractivity contribution in [3.8, 4) is 11.8 Å². The van der Waals surface area contributed by atoms with Crippen LogP contribution < -0.4 is 9.64 Å². The van der Waals surface area contributed by atoms with E-state index < -0.39 is 5.41 Å². The van der Waals surface area contributed by atoms with Gasteiger partial charge in [-0.05, 0) is 37.1 Å². The Balaban J connectivity index is 2.20. The second-order valence-corrected chi connectivity index (χ2v) is 4.87. The van der Waals surface area contributed by atoms with Gasteiger partial charge in [-0.1, -0.05) is 0 Å². The van der Waals surface area contributed by atoms with E-state index >= 15 is 0 Å². The summed E-state index contributed by atoms with van der Waals surface area (Å²) >= 11 is 0. The molecule has 0 radical (unpaired) electrons. The highest BCUT2D eigenvalue weighted by Crippen LogP contribution is 2.33. The predicted octanol–water partition coefficient (Wildman–Crippen LogP) is 1.98. The number of nitriles is 1. The van der Waals surface area contributed by atoms with Gasteiger partial charge in [0.2, 0.25) is 5.91 Å². The smallest absolute Gasteiger partial charge is 0.247 e. The van der Waals surface area contributed by atoms with Crippen molar-refractivity contribution < 1.29 is 14.3 Å². The van der Waals surface area contributed by atoms with E-state index in [4.69, 9.17) is 9.47 Å². The predicted molar refractivity (Wildman–Crippen MR) is 74.5 cm³/mol. The molecular weight excluding hydrogens is 256 g/mol. The van der Waals surface area contributed by atoms with Crippen molar-refractivity contribution in [1.82, 2.24) is 0 Å². The molecule has 20 heavy (non-hydrogen) atoms. The van der Waals surface area contributed by atoms with Gasteiger partial charge >= 0.3 is 0 Å². The SMILES string of the molecule is COc1ccc(N(C)C(=O)C2(C#N)CCOCC2)cc1. The van der Waals surface area contributed by atoms with E-state index in [1.807, 2.05) is 0 Å². The maximum Gasteiger partial charge on any atom is 0.247 e. The van der Waals surface area contributed by atoms with E-state index in [9.17, 15) is 10.1 Å². The fraction of sp³-hybridized carbons (Fsp3) is 0.467. The van der Waals surface area contributed by atoms with Gasteiger partial charge in [0.1, 0.15) is 11.2 Å². The molecule has 5 nitrogen and oxygen atoms in total. The third-order valence-corrected chi connectivity index (χ3v) is 3.73. The summed E-state index contributed by atoms with van der Waals surface area (Å²) < 4.78 is 10.3. The van der Waals surface area contributed by atoms with Crippen LogP contribution in [-0.2, 0) is 9.53 Å². The number of hydrogen-bond donors (Lipinski definition) is 0. The van der Waals surface area contributed by atoms with Gasteiger partial charge in [0.25, 0.3) is 0 Å². The molecule has 1 saturated heterocycles. The van der Waals surface area contributed by atoms with Crippen molar-refractivity contribution in [3.63, 3.8) is 0 Å². The van der Waals surface area contributed by atoms with Gasteiger partial charge in [-0.25, -0.2) is 0 Å². The summed E-state index contributed by atoms with van der Waals surface area (Å²) in [5, 5.41) is 9.42. The zero-order valence-corrected chi connectivity index (χ0v) is 11.8. The van der Waals surface area contributed by atoms with Crippen LogP contribution in [0, 0.1) is 16.7 Å². The highest BCUT2D eigenvalue weighted by atomic mass is 16.5. The van der Waals surface area contributed by atoms with Gasteiger partial charge in [-0.15, -0.1) is 0 Å². The van der Waals surface area contributed by atoms with Crippen LogP contribution in [0.15, 0.2) is 24.3 Å². The Morgan fingerprint density at radius 3 is 2.45 bits per heavy atom. The van der Waals surface area contributed by atoms with Crippen LogP contribution in [0.3, 0.4) is 0 Å². The van der Waals surface area contributed by atoms with E-state index in [-0.39, 0.29) is 5.91 Å². The summed E-state index contributed by atoms with van der Waals surface area (Å²) in [6.45, 7) is 0.908. The molecule has 0 bridgehead atoms. The molecule has 0 aromatic heterocycles. The first-order chi connectivity index (χ1) is 9.63. The molecule has 1 aromatic carbocycles. The van der Waals surface area contributed by atoms with E-state index in [0.29, 0.717) is 26.1 Å². The van der Waals surface area contributed by atoms with Gasteiger partial charge in [0.05, 0.1) is 13.2 Å². The summed E-state index contributed by atoms with van der Waals surface area (Å²) in [6.07, 6.45) is 0.895. The van der Waals surface area contributed by atoms with Crippen LogP contribution >= 0.6 is 0 Å². The summed E-state index contributed by atoms with van der Waals surface area (Å²) in [5.74, 6) is 0.559. The molecule has 106 valence electrons. The van der Waals surface area contributed by atoms with E-state index in [2.05, 4.69) is 6.07 Å². The second-order valence-electron chi connectivity index (χ2n) is 4.87. The number of nitrogens with zero attached hydrogens (tertiary/aromatic N) is 2. The van der Waals surface area contributed by atoms with Crippen molar-refractivity contribution in [2.24, 2.45) is 5.41 Å². The number of carbonyl (C=O) groups excluding carboxylic acids is 1. The molecular formula is C15H18N2O3. The molecule has 0 aliphatic carbocycles. The average molecular weight is 274 g/mol. The number of rotatable bonds is 3. The Bertz CT molecular complexity index is 513. The van der Waals surface area contributed by atoms with Crippen LogP contribution in [0.5, 0.6) is 5.75 Å². The minimum atomic E-state index is -0.965. The third-order valence-electron chi connectivity index (χ3n) is 3.73. The number of ether oxygens (including phenoxy) is 2. The number of carbonyl (C=O) groups is 1. The Morgan fingerprint density at radius 1 is 1.35 bits per heavy atom. The first kappa shape index (κ1) is 14.4. The van der Waals surface area contributed by atoms with Crippen molar-refractivity contribution in [2.75, 3.05) is 32.3 Å². The van der Waals surface area contributed by atoms with Crippen LogP contribution in [0.1, 0.15) is 12.8 Å². The lowest BCUT2D eigenvalue weighted by molar-refractivity contribution is -0.129. The minimum Gasteiger partial charge on any atom is -0.497 e. The molecule has 1 aromatic rings. The largest absolute Gasteiger partial charge is 0.497 e. The topological polar surface area (TPSA) is 62.6 Å². The molecule has 5 heteroatoms. The van der Waals surface area contributed by atoms with E-state index in [1.54, 1.807) is 38.4 Å². The molecule has 0 saturated carbocycles. The first-order valence-electron chi connectivity index (χ1n) is 6.54. The number of methoxy groups -OCH3 is 1. The minimum absolute atomic E-state index is 0.173. The molecule has 1 amide bonds. The van der Waals surface area contributed by atoms with Crippen molar-refractivity contribution >= 4 is 11.6 Å². The molecule has 0 unspecified atom stereocenters. The zero-order valence-electron chi connectivity index (χ0n) is 11.8. The molecule has 0 spiro atoms. The van der Waals surface area contributed by atoms with Gasteiger partial charge in [0.15, 0.2) is 0 Å². The standard InChI is InChI=1S/C15H18N2O3/c1-17(12-3-5-13(19-2)6-4-12)14(18)15(11-16)7-9-20-10-8-15/h3-6H,7-10H2,1-2H3. The molecule has 2 rings (SSSR count). The van der Waals surface area contributed by atoms with E-state index in [1.165, 1.54) is 4.90 Å². The van der Waals surface area contributed by atoms with Gasteiger partial charge < -0.3 is 14.4 Å². The quantitative estimate of drug-likeness (QED) is 0.845. The fourth-order valence-electron chi connectivity index (χ4n) is 2.34. The zero-order chi connectivity index (χ0) is 14.6. The normalized spacial score (nSPS) is 17.1. The highest BCUT2D eigenvalue weighted by Gasteiger charge is 2.42.